The molecule has 2 heterocycles. The minimum atomic E-state index is -0.0994. The van der Waals surface area contributed by atoms with Gasteiger partial charge in [-0.05, 0) is 38.5 Å². The minimum Gasteiger partial charge on any atom is -0.378 e. The molecule has 1 aromatic rings. The van der Waals surface area contributed by atoms with E-state index in [0.717, 1.165) is 56.4 Å². The number of hydrogen-bond donors (Lipinski definition) is 2. The van der Waals surface area contributed by atoms with Crippen LogP contribution in [0.2, 0.25) is 0 Å². The predicted octanol–water partition coefficient (Wildman–Crippen LogP) is 0.845. The summed E-state index contributed by atoms with van der Waals surface area (Å²) in [5.74, 6) is 0.582. The first-order valence-electron chi connectivity index (χ1n) is 7.80. The summed E-state index contributed by atoms with van der Waals surface area (Å²) in [5, 5.41) is 3.12. The lowest BCUT2D eigenvalue weighted by atomic mass is 9.76. The third-order valence-electron chi connectivity index (χ3n) is 5.00. The summed E-state index contributed by atoms with van der Waals surface area (Å²) < 4.78 is 5.58. The van der Waals surface area contributed by atoms with Gasteiger partial charge in [-0.3, -0.25) is 4.79 Å². The highest BCUT2D eigenvalue weighted by atomic mass is 16.5. The number of nitrogens with two attached hydrogens (primary N) is 1. The second kappa shape index (κ2) is 4.94. The SMILES string of the molecule is Nc1nc2c(c(C(=O)N[C@@H]3C[C@H]4OCC[C@@H]34)n1)CCCC2. The first-order valence-corrected chi connectivity index (χ1v) is 7.80. The van der Waals surface area contributed by atoms with Crippen molar-refractivity contribution in [3.05, 3.63) is 17.0 Å². The molecule has 3 N–H and O–H groups in total. The van der Waals surface area contributed by atoms with Gasteiger partial charge in [-0.1, -0.05) is 0 Å². The van der Waals surface area contributed by atoms with Crippen molar-refractivity contribution in [1.29, 1.82) is 0 Å². The highest BCUT2D eigenvalue weighted by Gasteiger charge is 2.46. The molecule has 0 bridgehead atoms. The Labute approximate surface area is 123 Å². The molecule has 2 fully saturated rings. The Morgan fingerprint density at radius 2 is 2.14 bits per heavy atom. The van der Waals surface area contributed by atoms with Gasteiger partial charge in [0, 0.05) is 29.8 Å². The van der Waals surface area contributed by atoms with E-state index in [-0.39, 0.29) is 17.9 Å². The number of aromatic nitrogens is 2. The molecule has 1 saturated heterocycles. The number of carbonyl (C=O) groups excluding carboxylic acids is 1. The standard InChI is InChI=1S/C15H20N4O2/c16-15-18-10-4-2-1-3-9(10)13(19-15)14(20)17-11-7-12-8(11)5-6-21-12/h8,11-12H,1-7H2,(H,17,20)(H2,16,18,19)/t8-,11+,12+/m0/s1. The molecule has 21 heavy (non-hydrogen) atoms. The van der Waals surface area contributed by atoms with E-state index in [1.807, 2.05) is 0 Å². The zero-order valence-electron chi connectivity index (χ0n) is 12.0. The second-order valence-electron chi connectivity index (χ2n) is 6.24. The van der Waals surface area contributed by atoms with Crippen LogP contribution in [0.15, 0.2) is 0 Å². The molecule has 1 aliphatic heterocycles. The number of carbonyl (C=O) groups is 1. The topological polar surface area (TPSA) is 90.1 Å². The molecule has 0 unspecified atom stereocenters. The Bertz CT molecular complexity index is 589. The number of amides is 1. The van der Waals surface area contributed by atoms with Crippen molar-refractivity contribution in [3.63, 3.8) is 0 Å². The summed E-state index contributed by atoms with van der Waals surface area (Å²) >= 11 is 0. The molecule has 6 nitrogen and oxygen atoms in total. The van der Waals surface area contributed by atoms with E-state index in [0.29, 0.717) is 17.7 Å². The molecule has 1 saturated carbocycles. The van der Waals surface area contributed by atoms with Crippen molar-refractivity contribution >= 4 is 11.9 Å². The first kappa shape index (κ1) is 13.0. The fourth-order valence-corrected chi connectivity index (χ4v) is 3.80. The van der Waals surface area contributed by atoms with Gasteiger partial charge in [0.15, 0.2) is 0 Å². The van der Waals surface area contributed by atoms with Crippen molar-refractivity contribution in [2.75, 3.05) is 12.3 Å². The maximum absolute atomic E-state index is 12.6. The molecule has 3 atom stereocenters. The van der Waals surface area contributed by atoms with Crippen molar-refractivity contribution in [1.82, 2.24) is 15.3 Å². The van der Waals surface area contributed by atoms with Crippen molar-refractivity contribution in [2.24, 2.45) is 5.92 Å². The minimum absolute atomic E-state index is 0.0994. The van der Waals surface area contributed by atoms with E-state index >= 15 is 0 Å². The van der Waals surface area contributed by atoms with Crippen molar-refractivity contribution < 1.29 is 9.53 Å². The van der Waals surface area contributed by atoms with Crippen LogP contribution in [0.1, 0.15) is 47.4 Å². The lowest BCUT2D eigenvalue weighted by Crippen LogP contribution is -2.53. The number of nitrogen functional groups attached to an aromatic ring is 1. The summed E-state index contributed by atoms with van der Waals surface area (Å²) in [5.41, 5.74) is 8.19. The quantitative estimate of drug-likeness (QED) is 0.842. The fraction of sp³-hybridized carbons (Fsp3) is 0.667. The van der Waals surface area contributed by atoms with Gasteiger partial charge in [-0.25, -0.2) is 9.97 Å². The summed E-state index contributed by atoms with van der Waals surface area (Å²) in [6.07, 6.45) is 6.26. The Hall–Kier alpha value is -1.69. The lowest BCUT2D eigenvalue weighted by molar-refractivity contribution is 0.00800. The number of rotatable bonds is 2. The molecule has 0 spiro atoms. The van der Waals surface area contributed by atoms with E-state index in [1.54, 1.807) is 0 Å². The highest BCUT2D eigenvalue weighted by molar-refractivity contribution is 5.94. The number of hydrogen-bond acceptors (Lipinski definition) is 5. The number of aryl methyl sites for hydroxylation is 1. The number of ether oxygens (including phenoxy) is 1. The van der Waals surface area contributed by atoms with E-state index in [4.69, 9.17) is 10.5 Å². The molecule has 1 amide bonds. The Morgan fingerprint density at radius 1 is 1.29 bits per heavy atom. The summed E-state index contributed by atoms with van der Waals surface area (Å²) in [4.78, 5) is 21.1. The largest absolute Gasteiger partial charge is 0.378 e. The van der Waals surface area contributed by atoms with E-state index < -0.39 is 0 Å². The van der Waals surface area contributed by atoms with Crippen LogP contribution in [-0.4, -0.2) is 34.6 Å². The molecule has 4 rings (SSSR count). The van der Waals surface area contributed by atoms with Crippen LogP contribution in [0.25, 0.3) is 0 Å². The van der Waals surface area contributed by atoms with E-state index in [9.17, 15) is 4.79 Å². The van der Waals surface area contributed by atoms with E-state index in [2.05, 4.69) is 15.3 Å². The predicted molar refractivity (Wildman–Crippen MR) is 76.8 cm³/mol. The maximum atomic E-state index is 12.6. The Morgan fingerprint density at radius 3 is 3.00 bits per heavy atom. The van der Waals surface area contributed by atoms with Gasteiger partial charge in [-0.15, -0.1) is 0 Å². The Kier molecular flexibility index (Phi) is 3.06. The number of fused-ring (bicyclic) bond motifs is 2. The van der Waals surface area contributed by atoms with Gasteiger partial charge in [0.2, 0.25) is 5.95 Å². The van der Waals surface area contributed by atoms with Gasteiger partial charge >= 0.3 is 0 Å². The fourth-order valence-electron chi connectivity index (χ4n) is 3.80. The normalized spacial score (nSPS) is 30.2. The average Bonchev–Trinajstić information content (AvgIpc) is 2.84. The Balaban J connectivity index is 1.55. The summed E-state index contributed by atoms with van der Waals surface area (Å²) in [7, 11) is 0. The number of anilines is 1. The molecule has 2 aliphatic carbocycles. The molecule has 0 aromatic carbocycles. The van der Waals surface area contributed by atoms with E-state index in [1.165, 1.54) is 0 Å². The van der Waals surface area contributed by atoms with Gasteiger partial charge in [0.1, 0.15) is 5.69 Å². The van der Waals surface area contributed by atoms with Gasteiger partial charge in [0.05, 0.1) is 6.10 Å². The monoisotopic (exact) mass is 288 g/mol. The molecule has 0 radical (unpaired) electrons. The second-order valence-corrected chi connectivity index (χ2v) is 6.24. The van der Waals surface area contributed by atoms with Gasteiger partial charge in [-0.2, -0.15) is 0 Å². The third kappa shape index (κ3) is 2.18. The zero-order chi connectivity index (χ0) is 14.4. The van der Waals surface area contributed by atoms with Crippen LogP contribution in [-0.2, 0) is 17.6 Å². The summed E-state index contributed by atoms with van der Waals surface area (Å²) in [6, 6.07) is 0.223. The number of nitrogens with one attached hydrogen (secondary N) is 1. The maximum Gasteiger partial charge on any atom is 0.270 e. The molecule has 112 valence electrons. The van der Waals surface area contributed by atoms with Crippen LogP contribution >= 0.6 is 0 Å². The van der Waals surface area contributed by atoms with Crippen LogP contribution in [0.3, 0.4) is 0 Å². The van der Waals surface area contributed by atoms with Crippen molar-refractivity contribution in [3.8, 4) is 0 Å². The van der Waals surface area contributed by atoms with Crippen LogP contribution in [0.5, 0.6) is 0 Å². The molecule has 1 aromatic heterocycles. The van der Waals surface area contributed by atoms with Crippen molar-refractivity contribution in [2.45, 2.75) is 50.7 Å². The average molecular weight is 288 g/mol. The molecular weight excluding hydrogens is 268 g/mol. The van der Waals surface area contributed by atoms with Crippen LogP contribution < -0.4 is 11.1 Å². The van der Waals surface area contributed by atoms with Gasteiger partial charge in [0.25, 0.3) is 5.91 Å². The van der Waals surface area contributed by atoms with Crippen LogP contribution in [0.4, 0.5) is 5.95 Å². The highest BCUT2D eigenvalue weighted by Crippen LogP contribution is 2.38. The molecule has 3 aliphatic rings. The summed E-state index contributed by atoms with van der Waals surface area (Å²) in [6.45, 7) is 0.817. The van der Waals surface area contributed by atoms with Gasteiger partial charge < -0.3 is 15.8 Å². The first-order chi connectivity index (χ1) is 10.2. The molecule has 6 heteroatoms. The smallest absolute Gasteiger partial charge is 0.270 e. The third-order valence-corrected chi connectivity index (χ3v) is 5.00. The number of nitrogens with zero attached hydrogens (tertiary/aromatic N) is 2. The molecular formula is C15H20N4O2. The van der Waals surface area contributed by atoms with Crippen LogP contribution in [0, 0.1) is 5.92 Å². The zero-order valence-corrected chi connectivity index (χ0v) is 12.0. The lowest BCUT2D eigenvalue weighted by Gasteiger charge is -2.39.